The summed E-state index contributed by atoms with van der Waals surface area (Å²) in [5.74, 6) is -0.509. The fourth-order valence-corrected chi connectivity index (χ4v) is 2.73. The van der Waals surface area contributed by atoms with Crippen LogP contribution in [0.3, 0.4) is 0 Å². The van der Waals surface area contributed by atoms with Gasteiger partial charge in [-0.3, -0.25) is 0 Å². The van der Waals surface area contributed by atoms with Crippen LogP contribution in [-0.2, 0) is 6.42 Å². The minimum absolute atomic E-state index is 0.233. The van der Waals surface area contributed by atoms with Crippen molar-refractivity contribution in [2.45, 2.75) is 19.8 Å². The number of allylic oxidation sites excluding steroid dienone is 6. The molecule has 25 heavy (non-hydrogen) atoms. The SMILES string of the molecule is CC1=CCC=C(Cc2ccc(-c3ccccc3)c(F)c2)C(F)=C1.CCl. The van der Waals surface area contributed by atoms with Crippen molar-refractivity contribution in [3.8, 4) is 11.1 Å². The molecule has 3 heteroatoms. The Balaban J connectivity index is 0.00000109. The monoisotopic (exact) mass is 358 g/mol. The molecule has 0 bridgehead atoms. The van der Waals surface area contributed by atoms with Crippen molar-refractivity contribution < 1.29 is 8.78 Å². The van der Waals surface area contributed by atoms with Crippen LogP contribution in [0.15, 0.2) is 83.7 Å². The van der Waals surface area contributed by atoms with Crippen LogP contribution in [0.5, 0.6) is 0 Å². The Hall–Kier alpha value is -2.19. The highest BCUT2D eigenvalue weighted by Gasteiger charge is 2.11. The third-order valence-electron chi connectivity index (χ3n) is 3.98. The highest BCUT2D eigenvalue weighted by atomic mass is 35.5. The molecule has 0 saturated carbocycles. The molecular weight excluding hydrogens is 338 g/mol. The molecule has 0 heterocycles. The number of benzene rings is 2. The van der Waals surface area contributed by atoms with E-state index in [4.69, 9.17) is 0 Å². The summed E-state index contributed by atoms with van der Waals surface area (Å²) in [6, 6.07) is 14.6. The Kier molecular flexibility index (Phi) is 7.15. The average Bonchev–Trinajstić information content (AvgIpc) is 2.78. The molecule has 1 aliphatic rings. The molecule has 1 aliphatic carbocycles. The molecule has 0 fully saturated rings. The second-order valence-electron chi connectivity index (χ2n) is 5.76. The standard InChI is InChI=1S/C21H18F2.CH3Cl/c1-15-6-5-9-18(20(22)12-15)13-16-10-11-19(21(23)14-16)17-7-3-2-4-8-17;1-2/h2-4,6-12,14H,5,13H2,1H3;1H3. The van der Waals surface area contributed by atoms with Gasteiger partial charge >= 0.3 is 0 Å². The van der Waals surface area contributed by atoms with Gasteiger partial charge in [-0.15, -0.1) is 11.6 Å². The highest BCUT2D eigenvalue weighted by molar-refractivity contribution is 6.15. The largest absolute Gasteiger partial charge is 0.207 e. The van der Waals surface area contributed by atoms with Gasteiger partial charge in [0.1, 0.15) is 11.6 Å². The first-order valence-corrected chi connectivity index (χ1v) is 8.84. The maximum Gasteiger partial charge on any atom is 0.131 e. The normalized spacial score (nSPS) is 13.7. The van der Waals surface area contributed by atoms with E-state index in [0.717, 1.165) is 16.7 Å². The van der Waals surface area contributed by atoms with E-state index >= 15 is 0 Å². The molecule has 0 nitrogen and oxygen atoms in total. The van der Waals surface area contributed by atoms with Gasteiger partial charge in [0.25, 0.3) is 0 Å². The van der Waals surface area contributed by atoms with Crippen molar-refractivity contribution in [3.63, 3.8) is 0 Å². The third kappa shape index (κ3) is 5.14. The van der Waals surface area contributed by atoms with Gasteiger partial charge in [-0.05, 0) is 42.2 Å². The van der Waals surface area contributed by atoms with Crippen LogP contribution >= 0.6 is 11.6 Å². The van der Waals surface area contributed by atoms with E-state index in [2.05, 4.69) is 11.6 Å². The number of rotatable bonds is 3. The first kappa shape index (κ1) is 19.1. The van der Waals surface area contributed by atoms with Gasteiger partial charge in [0, 0.05) is 18.4 Å². The molecule has 2 aromatic rings. The van der Waals surface area contributed by atoms with Crippen LogP contribution in [0.2, 0.25) is 0 Å². The lowest BCUT2D eigenvalue weighted by molar-refractivity contribution is 0.626. The quantitative estimate of drug-likeness (QED) is 0.517. The molecule has 0 atom stereocenters. The predicted molar refractivity (Wildman–Crippen MR) is 103 cm³/mol. The van der Waals surface area contributed by atoms with Gasteiger partial charge in [-0.25, -0.2) is 8.78 Å². The van der Waals surface area contributed by atoms with Crippen LogP contribution in [-0.4, -0.2) is 6.38 Å². The highest BCUT2D eigenvalue weighted by Crippen LogP contribution is 2.27. The predicted octanol–water partition coefficient (Wildman–Crippen LogP) is 7.02. The molecule has 130 valence electrons. The molecule has 0 radical (unpaired) electrons. The third-order valence-corrected chi connectivity index (χ3v) is 3.98. The van der Waals surface area contributed by atoms with Gasteiger partial charge in [-0.2, -0.15) is 0 Å². The van der Waals surface area contributed by atoms with Gasteiger partial charge < -0.3 is 0 Å². The molecule has 3 rings (SSSR count). The Labute approximate surface area is 153 Å². The average molecular weight is 359 g/mol. The van der Waals surface area contributed by atoms with E-state index in [1.165, 1.54) is 18.5 Å². The summed E-state index contributed by atoms with van der Waals surface area (Å²) in [7, 11) is 0. The van der Waals surface area contributed by atoms with E-state index in [1.807, 2.05) is 55.5 Å². The van der Waals surface area contributed by atoms with E-state index in [0.29, 0.717) is 24.0 Å². The number of hydrogen-bond donors (Lipinski definition) is 0. The summed E-state index contributed by atoms with van der Waals surface area (Å²) in [5, 5.41) is 0. The molecule has 0 amide bonds. The molecule has 0 unspecified atom stereocenters. The van der Waals surface area contributed by atoms with Gasteiger partial charge in [-0.1, -0.05) is 60.2 Å². The van der Waals surface area contributed by atoms with Crippen LogP contribution in [0.4, 0.5) is 8.78 Å². The fraction of sp³-hybridized carbons (Fsp3) is 0.182. The maximum atomic E-state index is 14.4. The molecule has 0 aliphatic heterocycles. The lowest BCUT2D eigenvalue weighted by Gasteiger charge is -2.08. The van der Waals surface area contributed by atoms with E-state index in [-0.39, 0.29) is 11.6 Å². The van der Waals surface area contributed by atoms with Crippen LogP contribution < -0.4 is 0 Å². The molecule has 0 N–H and O–H groups in total. The zero-order valence-corrected chi connectivity index (χ0v) is 15.2. The summed E-state index contributed by atoms with van der Waals surface area (Å²) in [6.45, 7) is 1.88. The van der Waals surface area contributed by atoms with Gasteiger partial charge in [0.15, 0.2) is 0 Å². The lowest BCUT2D eigenvalue weighted by atomic mass is 9.99. The first-order valence-electron chi connectivity index (χ1n) is 8.08. The number of hydrogen-bond acceptors (Lipinski definition) is 0. The molecular formula is C22H21ClF2. The summed E-state index contributed by atoms with van der Waals surface area (Å²) in [4.78, 5) is 0. The molecule has 0 spiro atoms. The Morgan fingerprint density at radius 3 is 2.36 bits per heavy atom. The summed E-state index contributed by atoms with van der Waals surface area (Å²) in [6.07, 6.45) is 7.95. The second kappa shape index (κ2) is 9.33. The van der Waals surface area contributed by atoms with E-state index in [1.54, 1.807) is 6.07 Å². The maximum absolute atomic E-state index is 14.4. The Morgan fingerprint density at radius 1 is 0.960 bits per heavy atom. The van der Waals surface area contributed by atoms with Crippen molar-refractivity contribution >= 4 is 11.6 Å². The summed E-state index contributed by atoms with van der Waals surface area (Å²) < 4.78 is 28.5. The summed E-state index contributed by atoms with van der Waals surface area (Å²) >= 11 is 4.64. The molecule has 0 saturated heterocycles. The summed E-state index contributed by atoms with van der Waals surface area (Å²) in [5.41, 5.74) is 3.72. The van der Waals surface area contributed by atoms with Crippen molar-refractivity contribution in [1.29, 1.82) is 0 Å². The van der Waals surface area contributed by atoms with Crippen LogP contribution in [0, 0.1) is 5.82 Å². The lowest BCUT2D eigenvalue weighted by Crippen LogP contribution is -1.94. The Bertz CT molecular complexity index is 802. The van der Waals surface area contributed by atoms with Crippen molar-refractivity contribution in [1.82, 2.24) is 0 Å². The Morgan fingerprint density at radius 2 is 1.68 bits per heavy atom. The fourth-order valence-electron chi connectivity index (χ4n) is 2.73. The first-order chi connectivity index (χ1) is 12.1. The van der Waals surface area contributed by atoms with Gasteiger partial charge in [0.05, 0.1) is 0 Å². The van der Waals surface area contributed by atoms with Crippen molar-refractivity contribution in [3.05, 3.63) is 95.1 Å². The smallest absolute Gasteiger partial charge is 0.131 e. The topological polar surface area (TPSA) is 0 Å². The van der Waals surface area contributed by atoms with Crippen LogP contribution in [0.25, 0.3) is 11.1 Å². The zero-order chi connectivity index (χ0) is 18.2. The number of alkyl halides is 1. The molecule has 0 aromatic heterocycles. The van der Waals surface area contributed by atoms with Crippen molar-refractivity contribution in [2.24, 2.45) is 0 Å². The minimum atomic E-state index is -0.276. The molecule has 2 aromatic carbocycles. The zero-order valence-electron chi connectivity index (χ0n) is 14.4. The minimum Gasteiger partial charge on any atom is -0.207 e. The van der Waals surface area contributed by atoms with Gasteiger partial charge in [0.2, 0.25) is 0 Å². The van der Waals surface area contributed by atoms with E-state index < -0.39 is 0 Å². The van der Waals surface area contributed by atoms with E-state index in [9.17, 15) is 8.78 Å². The second-order valence-corrected chi connectivity index (χ2v) is 5.76. The number of halogens is 3. The van der Waals surface area contributed by atoms with Crippen LogP contribution in [0.1, 0.15) is 18.9 Å². The van der Waals surface area contributed by atoms with Crippen molar-refractivity contribution in [2.75, 3.05) is 6.38 Å².